The van der Waals surface area contributed by atoms with Gasteiger partial charge in [-0.25, -0.2) is 4.39 Å². The predicted octanol–water partition coefficient (Wildman–Crippen LogP) is 4.46. The summed E-state index contributed by atoms with van der Waals surface area (Å²) in [7, 11) is 0. The smallest absolute Gasteiger partial charge is 0.256 e. The molecule has 0 saturated carbocycles. The number of carbonyl (C=O) groups excluding carboxylic acids is 2. The Hall–Kier alpha value is -3.18. The first-order valence-electron chi connectivity index (χ1n) is 8.79. The second-order valence-electron chi connectivity index (χ2n) is 6.90. The largest absolute Gasteiger partial charge is 0.323 e. The fourth-order valence-electron chi connectivity index (χ4n) is 4.30. The van der Waals surface area contributed by atoms with E-state index in [4.69, 9.17) is 11.6 Å². The maximum absolute atomic E-state index is 13.9. The molecular weight excluding hydrogens is 379 g/mol. The summed E-state index contributed by atoms with van der Waals surface area (Å²) < 4.78 is 13.9. The fourth-order valence-corrected chi connectivity index (χ4v) is 4.43. The number of hydrogen-bond acceptors (Lipinski definition) is 2. The van der Waals surface area contributed by atoms with E-state index in [-0.39, 0.29) is 11.8 Å². The van der Waals surface area contributed by atoms with E-state index in [2.05, 4.69) is 5.32 Å². The van der Waals surface area contributed by atoms with Crippen LogP contribution in [0.25, 0.3) is 0 Å². The highest BCUT2D eigenvalue weighted by Gasteiger charge is 2.69. The van der Waals surface area contributed by atoms with Crippen molar-refractivity contribution in [3.8, 4) is 0 Å². The molecule has 3 aromatic rings. The van der Waals surface area contributed by atoms with Crippen LogP contribution in [0.4, 0.5) is 15.8 Å². The molecule has 0 aliphatic carbocycles. The third-order valence-electron chi connectivity index (χ3n) is 5.44. The molecule has 2 heterocycles. The minimum Gasteiger partial charge on any atom is -0.323 e. The van der Waals surface area contributed by atoms with Gasteiger partial charge in [-0.05, 0) is 42.0 Å². The molecule has 0 radical (unpaired) electrons. The summed E-state index contributed by atoms with van der Waals surface area (Å²) in [4.78, 5) is 27.9. The average molecular weight is 393 g/mol. The van der Waals surface area contributed by atoms with E-state index in [1.165, 1.54) is 23.1 Å². The SMILES string of the molecule is O=C1[C@H](c2ccc(Cl)cc2)[C@@]2(C(=O)Nc3ccccc32)N1c1cccc(F)c1. The van der Waals surface area contributed by atoms with Crippen LogP contribution in [0, 0.1) is 5.82 Å². The second-order valence-corrected chi connectivity index (χ2v) is 7.34. The Morgan fingerprint density at radius 1 is 0.964 bits per heavy atom. The molecular formula is C22H14ClFN2O2. The molecule has 1 saturated heterocycles. The Morgan fingerprint density at radius 2 is 1.71 bits per heavy atom. The molecule has 2 aliphatic rings. The molecule has 5 rings (SSSR count). The van der Waals surface area contributed by atoms with Crippen molar-refractivity contribution >= 4 is 34.8 Å². The van der Waals surface area contributed by atoms with E-state index in [0.717, 1.165) is 0 Å². The molecule has 138 valence electrons. The van der Waals surface area contributed by atoms with E-state index in [0.29, 0.717) is 27.5 Å². The van der Waals surface area contributed by atoms with Crippen molar-refractivity contribution in [2.24, 2.45) is 0 Å². The summed E-state index contributed by atoms with van der Waals surface area (Å²) in [5.41, 5.74) is 1.12. The van der Waals surface area contributed by atoms with Crippen LogP contribution in [-0.4, -0.2) is 11.8 Å². The van der Waals surface area contributed by atoms with Gasteiger partial charge in [0, 0.05) is 22.0 Å². The number of fused-ring (bicyclic) bond motifs is 2. The van der Waals surface area contributed by atoms with E-state index >= 15 is 0 Å². The Morgan fingerprint density at radius 3 is 2.46 bits per heavy atom. The maximum Gasteiger partial charge on any atom is 0.256 e. The number of nitrogens with zero attached hydrogens (tertiary/aromatic N) is 1. The van der Waals surface area contributed by atoms with Crippen molar-refractivity contribution in [3.63, 3.8) is 0 Å². The van der Waals surface area contributed by atoms with Crippen molar-refractivity contribution in [3.05, 3.63) is 94.8 Å². The number of nitrogens with one attached hydrogen (secondary N) is 1. The maximum atomic E-state index is 13.9. The van der Waals surface area contributed by atoms with Crippen molar-refractivity contribution in [2.75, 3.05) is 10.2 Å². The Balaban J connectivity index is 1.75. The molecule has 0 unspecified atom stereocenters. The number of para-hydroxylation sites is 1. The van der Waals surface area contributed by atoms with Crippen molar-refractivity contribution in [1.82, 2.24) is 0 Å². The normalized spacial score (nSPS) is 22.8. The van der Waals surface area contributed by atoms with Gasteiger partial charge in [0.25, 0.3) is 5.91 Å². The fraction of sp³-hybridized carbons (Fsp3) is 0.0909. The molecule has 2 amide bonds. The average Bonchev–Trinajstić information content (AvgIpc) is 2.98. The zero-order chi connectivity index (χ0) is 19.5. The number of β-lactam (4-membered cyclic amide) rings is 1. The first-order chi connectivity index (χ1) is 13.5. The third-order valence-corrected chi connectivity index (χ3v) is 5.69. The molecule has 1 fully saturated rings. The van der Waals surface area contributed by atoms with Crippen molar-refractivity contribution in [2.45, 2.75) is 11.5 Å². The highest BCUT2D eigenvalue weighted by molar-refractivity contribution is 6.30. The van der Waals surface area contributed by atoms with Crippen LogP contribution in [0.5, 0.6) is 0 Å². The quantitative estimate of drug-likeness (QED) is 0.655. The number of amides is 2. The molecule has 2 atom stereocenters. The van der Waals surface area contributed by atoms with E-state index in [9.17, 15) is 14.0 Å². The molecule has 28 heavy (non-hydrogen) atoms. The minimum atomic E-state index is -1.27. The van der Waals surface area contributed by atoms with Crippen LogP contribution in [0.2, 0.25) is 5.02 Å². The molecule has 0 aromatic heterocycles. The highest BCUT2D eigenvalue weighted by Crippen LogP contribution is 2.58. The van der Waals surface area contributed by atoms with Gasteiger partial charge in [-0.15, -0.1) is 0 Å². The van der Waals surface area contributed by atoms with Gasteiger partial charge in [-0.3, -0.25) is 14.5 Å². The van der Waals surface area contributed by atoms with Crippen molar-refractivity contribution < 1.29 is 14.0 Å². The summed E-state index contributed by atoms with van der Waals surface area (Å²) in [6, 6.07) is 19.9. The van der Waals surface area contributed by atoms with Crippen LogP contribution in [-0.2, 0) is 15.1 Å². The molecule has 2 aliphatic heterocycles. The van der Waals surface area contributed by atoms with Crippen LogP contribution in [0.1, 0.15) is 17.0 Å². The molecule has 1 N–H and O–H groups in total. The summed E-state index contributed by atoms with van der Waals surface area (Å²) >= 11 is 6.00. The number of anilines is 2. The van der Waals surface area contributed by atoms with Crippen LogP contribution < -0.4 is 10.2 Å². The van der Waals surface area contributed by atoms with Crippen LogP contribution in [0.3, 0.4) is 0 Å². The number of hydrogen-bond donors (Lipinski definition) is 1. The van der Waals surface area contributed by atoms with Crippen LogP contribution >= 0.6 is 11.6 Å². The van der Waals surface area contributed by atoms with Gasteiger partial charge in [-0.1, -0.05) is 48.0 Å². The molecule has 6 heteroatoms. The number of halogens is 2. The summed E-state index contributed by atoms with van der Waals surface area (Å²) in [6.45, 7) is 0. The Labute approximate surface area is 165 Å². The van der Waals surface area contributed by atoms with Gasteiger partial charge < -0.3 is 5.32 Å². The topological polar surface area (TPSA) is 49.4 Å². The van der Waals surface area contributed by atoms with Gasteiger partial charge in [0.05, 0.1) is 0 Å². The summed E-state index contributed by atoms with van der Waals surface area (Å²) in [5.74, 6) is -1.77. The zero-order valence-corrected chi connectivity index (χ0v) is 15.3. The zero-order valence-electron chi connectivity index (χ0n) is 14.5. The Kier molecular flexibility index (Phi) is 3.58. The first kappa shape index (κ1) is 17.0. The molecule has 3 aromatic carbocycles. The Bertz CT molecular complexity index is 1130. The highest BCUT2D eigenvalue weighted by atomic mass is 35.5. The van der Waals surface area contributed by atoms with Crippen LogP contribution in [0.15, 0.2) is 72.8 Å². The van der Waals surface area contributed by atoms with E-state index in [1.807, 2.05) is 18.2 Å². The standard InChI is InChI=1S/C22H14ClFN2O2/c23-14-10-8-13(9-11-14)19-20(27)26(16-5-3-4-15(24)12-16)22(19)17-6-1-2-7-18(17)25-21(22)28/h1-12,19H,(H,25,28)/t19-,22-/m0/s1. The van der Waals surface area contributed by atoms with Gasteiger partial charge in [0.15, 0.2) is 5.54 Å². The molecule has 0 bridgehead atoms. The number of carbonyl (C=O) groups is 2. The monoisotopic (exact) mass is 392 g/mol. The lowest BCUT2D eigenvalue weighted by atomic mass is 9.66. The summed E-state index contributed by atoms with van der Waals surface area (Å²) in [5, 5.41) is 3.43. The third kappa shape index (κ3) is 2.11. The van der Waals surface area contributed by atoms with Gasteiger partial charge in [-0.2, -0.15) is 0 Å². The molecule has 1 spiro atoms. The minimum absolute atomic E-state index is 0.264. The number of rotatable bonds is 2. The first-order valence-corrected chi connectivity index (χ1v) is 9.17. The lowest BCUT2D eigenvalue weighted by molar-refractivity contribution is -0.139. The van der Waals surface area contributed by atoms with E-state index in [1.54, 1.807) is 36.4 Å². The lowest BCUT2D eigenvalue weighted by Crippen LogP contribution is -2.70. The van der Waals surface area contributed by atoms with Gasteiger partial charge in [0.2, 0.25) is 5.91 Å². The van der Waals surface area contributed by atoms with Crippen molar-refractivity contribution in [1.29, 1.82) is 0 Å². The van der Waals surface area contributed by atoms with Gasteiger partial charge >= 0.3 is 0 Å². The summed E-state index contributed by atoms with van der Waals surface area (Å²) in [6.07, 6.45) is 0. The van der Waals surface area contributed by atoms with E-state index < -0.39 is 17.3 Å². The molecule has 4 nitrogen and oxygen atoms in total. The lowest BCUT2D eigenvalue weighted by Gasteiger charge is -2.54. The second kappa shape index (κ2) is 5.91. The van der Waals surface area contributed by atoms with Gasteiger partial charge in [0.1, 0.15) is 11.7 Å². The predicted molar refractivity (Wildman–Crippen MR) is 105 cm³/mol. The number of benzene rings is 3.